The Kier molecular flexibility index (Phi) is 7.76. The summed E-state index contributed by atoms with van der Waals surface area (Å²) >= 11 is 0. The topological polar surface area (TPSA) is 95.9 Å². The predicted molar refractivity (Wildman–Crippen MR) is 115 cm³/mol. The number of sulfone groups is 1. The van der Waals surface area contributed by atoms with Gasteiger partial charge >= 0.3 is 0 Å². The molecule has 1 amide bonds. The van der Waals surface area contributed by atoms with Crippen LogP contribution in [0, 0.1) is 0 Å². The van der Waals surface area contributed by atoms with Crippen molar-refractivity contribution in [1.82, 2.24) is 10.4 Å². The van der Waals surface area contributed by atoms with Crippen LogP contribution in [0.5, 0.6) is 5.75 Å². The zero-order valence-corrected chi connectivity index (χ0v) is 18.6. The molecular formula is C22H34N2O5S. The second-order valence-corrected chi connectivity index (χ2v) is 10.9. The molecule has 2 fully saturated rings. The molecule has 2 aliphatic rings. The molecule has 0 spiro atoms. The van der Waals surface area contributed by atoms with E-state index in [1.165, 1.54) is 32.1 Å². The predicted octanol–water partition coefficient (Wildman–Crippen LogP) is 3.06. The number of ether oxygens (including phenoxy) is 1. The highest BCUT2D eigenvalue weighted by Gasteiger charge is 2.52. The highest BCUT2D eigenvalue weighted by molar-refractivity contribution is 7.92. The summed E-state index contributed by atoms with van der Waals surface area (Å²) in [4.78, 5) is 15.0. The number of nitrogens with one attached hydrogen (secondary N) is 1. The first-order valence-electron chi connectivity index (χ1n) is 11.0. The number of carbonyl (C=O) groups excluding carboxylic acids is 1. The average Bonchev–Trinajstić information content (AvgIpc) is 2.73. The Morgan fingerprint density at radius 1 is 1.10 bits per heavy atom. The maximum atomic E-state index is 13.4. The van der Waals surface area contributed by atoms with Gasteiger partial charge in [-0.2, -0.15) is 0 Å². The lowest BCUT2D eigenvalue weighted by molar-refractivity contribution is -0.133. The third kappa shape index (κ3) is 4.98. The van der Waals surface area contributed by atoms with Crippen LogP contribution < -0.4 is 10.2 Å². The molecule has 1 aromatic rings. The Morgan fingerprint density at radius 2 is 1.67 bits per heavy atom. The van der Waals surface area contributed by atoms with Crippen LogP contribution >= 0.6 is 0 Å². The molecule has 0 aromatic heterocycles. The van der Waals surface area contributed by atoms with E-state index in [1.54, 1.807) is 36.9 Å². The van der Waals surface area contributed by atoms with E-state index >= 15 is 0 Å². The standard InChI is InChI=1S/C22H34N2O5S/c1-29-20-11-9-18(10-12-20)17-30(27,28)22(21(25)23-26)13-15-24(16-14-22)19-7-5-3-2-4-6-8-19/h9-12,19,26H,2-8,13-17H2,1H3,(H,23,25). The van der Waals surface area contributed by atoms with Gasteiger partial charge in [0.25, 0.3) is 5.91 Å². The third-order valence-corrected chi connectivity index (χ3v) is 9.32. The summed E-state index contributed by atoms with van der Waals surface area (Å²) in [7, 11) is -2.28. The third-order valence-electron chi connectivity index (χ3n) is 6.82. The molecule has 168 valence electrons. The molecule has 0 unspecified atom stereocenters. The minimum Gasteiger partial charge on any atom is -0.497 e. The van der Waals surface area contributed by atoms with Crippen molar-refractivity contribution >= 4 is 15.7 Å². The van der Waals surface area contributed by atoms with E-state index in [9.17, 15) is 18.4 Å². The SMILES string of the molecule is COc1ccc(CS(=O)(=O)C2(C(=O)NO)CCN(C3CCCCCCC3)CC2)cc1. The summed E-state index contributed by atoms with van der Waals surface area (Å²) < 4.78 is 30.3. The van der Waals surface area contributed by atoms with Crippen LogP contribution in [0.3, 0.4) is 0 Å². The number of nitrogens with zero attached hydrogens (tertiary/aromatic N) is 1. The van der Waals surface area contributed by atoms with Crippen LogP contribution in [0.15, 0.2) is 24.3 Å². The van der Waals surface area contributed by atoms with Crippen molar-refractivity contribution in [3.63, 3.8) is 0 Å². The number of piperidine rings is 1. The summed E-state index contributed by atoms with van der Waals surface area (Å²) in [5, 5.41) is 9.34. The quantitative estimate of drug-likeness (QED) is 0.523. The van der Waals surface area contributed by atoms with Gasteiger partial charge in [-0.05, 0) is 43.4 Å². The molecule has 1 aliphatic carbocycles. The molecule has 1 aromatic carbocycles. The summed E-state index contributed by atoms with van der Waals surface area (Å²) in [5.74, 6) is -0.409. The van der Waals surface area contributed by atoms with Crippen LogP contribution in [0.4, 0.5) is 0 Å². The van der Waals surface area contributed by atoms with Crippen LogP contribution in [-0.4, -0.2) is 55.4 Å². The largest absolute Gasteiger partial charge is 0.497 e. The Balaban J connectivity index is 1.75. The van der Waals surface area contributed by atoms with Gasteiger partial charge in [-0.1, -0.05) is 44.2 Å². The van der Waals surface area contributed by atoms with E-state index in [-0.39, 0.29) is 18.6 Å². The first-order valence-corrected chi connectivity index (χ1v) is 12.6. The molecule has 8 heteroatoms. The number of hydrogen-bond acceptors (Lipinski definition) is 6. The number of hydrogen-bond donors (Lipinski definition) is 2. The fourth-order valence-corrected chi connectivity index (χ4v) is 6.95. The van der Waals surface area contributed by atoms with Gasteiger partial charge in [0.1, 0.15) is 5.75 Å². The van der Waals surface area contributed by atoms with Crippen LogP contribution in [-0.2, 0) is 20.4 Å². The van der Waals surface area contributed by atoms with Gasteiger partial charge in [-0.25, -0.2) is 13.9 Å². The molecule has 2 N–H and O–H groups in total. The molecule has 3 rings (SSSR count). The lowest BCUT2D eigenvalue weighted by atomic mass is 9.90. The summed E-state index contributed by atoms with van der Waals surface area (Å²) in [5.41, 5.74) is 2.24. The van der Waals surface area contributed by atoms with Crippen LogP contribution in [0.1, 0.15) is 63.4 Å². The second-order valence-electron chi connectivity index (χ2n) is 8.58. The number of methoxy groups -OCH3 is 1. The fourth-order valence-electron chi connectivity index (χ4n) is 4.91. The molecule has 0 bridgehead atoms. The van der Waals surface area contributed by atoms with E-state index in [2.05, 4.69) is 4.90 Å². The molecule has 0 radical (unpaired) electrons. The van der Waals surface area contributed by atoms with Crippen LogP contribution in [0.2, 0.25) is 0 Å². The maximum Gasteiger partial charge on any atom is 0.264 e. The summed E-state index contributed by atoms with van der Waals surface area (Å²) in [6.45, 7) is 1.11. The van der Waals surface area contributed by atoms with Crippen molar-refractivity contribution in [3.8, 4) is 5.75 Å². The van der Waals surface area contributed by atoms with Crippen molar-refractivity contribution in [2.75, 3.05) is 20.2 Å². The van der Waals surface area contributed by atoms with Crippen molar-refractivity contribution in [2.45, 2.75) is 74.3 Å². The molecule has 1 heterocycles. The molecular weight excluding hydrogens is 404 g/mol. The lowest BCUT2D eigenvalue weighted by Crippen LogP contribution is -2.59. The van der Waals surface area contributed by atoms with Gasteiger partial charge < -0.3 is 9.64 Å². The zero-order valence-electron chi connectivity index (χ0n) is 17.8. The van der Waals surface area contributed by atoms with E-state index in [0.717, 1.165) is 12.8 Å². The molecule has 1 saturated carbocycles. The number of carbonyl (C=O) groups is 1. The van der Waals surface area contributed by atoms with E-state index < -0.39 is 20.5 Å². The van der Waals surface area contributed by atoms with Crippen LogP contribution in [0.25, 0.3) is 0 Å². The van der Waals surface area contributed by atoms with Crippen molar-refractivity contribution in [3.05, 3.63) is 29.8 Å². The number of amides is 1. The first-order chi connectivity index (χ1) is 14.4. The normalized spacial score (nSPS) is 21.4. The minimum absolute atomic E-state index is 0.203. The molecule has 1 saturated heterocycles. The number of likely N-dealkylation sites (tertiary alicyclic amines) is 1. The van der Waals surface area contributed by atoms with Crippen molar-refractivity contribution in [2.24, 2.45) is 0 Å². The summed E-state index contributed by atoms with van der Waals surface area (Å²) in [6, 6.07) is 7.28. The Morgan fingerprint density at radius 3 is 2.20 bits per heavy atom. The van der Waals surface area contributed by atoms with Crippen molar-refractivity contribution < 1.29 is 23.2 Å². The molecule has 0 atom stereocenters. The fraction of sp³-hybridized carbons (Fsp3) is 0.682. The van der Waals surface area contributed by atoms with E-state index in [1.807, 2.05) is 0 Å². The maximum absolute atomic E-state index is 13.4. The van der Waals surface area contributed by atoms with Gasteiger partial charge in [-0.3, -0.25) is 10.0 Å². The summed E-state index contributed by atoms with van der Waals surface area (Å²) in [6.07, 6.45) is 8.92. The monoisotopic (exact) mass is 438 g/mol. The van der Waals surface area contributed by atoms with E-state index in [0.29, 0.717) is 30.4 Å². The lowest BCUT2D eigenvalue weighted by Gasteiger charge is -2.43. The van der Waals surface area contributed by atoms with Crippen molar-refractivity contribution in [1.29, 1.82) is 0 Å². The van der Waals surface area contributed by atoms with Gasteiger partial charge in [-0.15, -0.1) is 0 Å². The first kappa shape index (κ1) is 23.0. The van der Waals surface area contributed by atoms with Gasteiger partial charge in [0.15, 0.2) is 14.6 Å². The van der Waals surface area contributed by atoms with Gasteiger partial charge in [0.05, 0.1) is 12.9 Å². The number of hydroxylamine groups is 1. The zero-order chi connectivity index (χ0) is 21.6. The average molecular weight is 439 g/mol. The van der Waals surface area contributed by atoms with Gasteiger partial charge in [0, 0.05) is 19.1 Å². The molecule has 7 nitrogen and oxygen atoms in total. The Bertz CT molecular complexity index is 793. The number of rotatable bonds is 6. The van der Waals surface area contributed by atoms with E-state index in [4.69, 9.17) is 4.74 Å². The molecule has 30 heavy (non-hydrogen) atoms. The number of benzene rings is 1. The van der Waals surface area contributed by atoms with Gasteiger partial charge in [0.2, 0.25) is 0 Å². The minimum atomic E-state index is -3.84. The highest BCUT2D eigenvalue weighted by Crippen LogP contribution is 2.36. The Labute approximate surface area is 179 Å². The second kappa shape index (κ2) is 10.1. The smallest absolute Gasteiger partial charge is 0.264 e. The Hall–Kier alpha value is -1.64. The highest BCUT2D eigenvalue weighted by atomic mass is 32.2. The molecule has 1 aliphatic heterocycles.